The van der Waals surface area contributed by atoms with Crippen LogP contribution in [-0.2, 0) is 9.53 Å². The monoisotopic (exact) mass is 190 g/mol. The van der Waals surface area contributed by atoms with Gasteiger partial charge in [0, 0.05) is 6.42 Å². The fourth-order valence-electron chi connectivity index (χ4n) is 1.85. The van der Waals surface area contributed by atoms with Crippen LogP contribution in [0.3, 0.4) is 0 Å². The molecule has 0 radical (unpaired) electrons. The predicted octanol–water partition coefficient (Wildman–Crippen LogP) is 2.70. The van der Waals surface area contributed by atoms with Crippen molar-refractivity contribution in [3.63, 3.8) is 0 Å². The lowest BCUT2D eigenvalue weighted by Crippen LogP contribution is -2.24. The number of esters is 1. The van der Waals surface area contributed by atoms with Crippen molar-refractivity contribution in [2.45, 2.75) is 25.9 Å². The highest BCUT2D eigenvalue weighted by molar-refractivity contribution is 5.70. The third-order valence-electron chi connectivity index (χ3n) is 2.71. The largest absolute Gasteiger partial charge is 0.457 e. The Balaban J connectivity index is 2.20. The van der Waals surface area contributed by atoms with E-state index in [1.54, 1.807) is 0 Å². The number of cyclic esters (lactones) is 1. The first-order valence-corrected chi connectivity index (χ1v) is 5.02. The van der Waals surface area contributed by atoms with Crippen LogP contribution >= 0.6 is 0 Å². The number of ether oxygens (including phenoxy) is 1. The third-order valence-corrected chi connectivity index (χ3v) is 2.71. The molecule has 0 aromatic heterocycles. The van der Waals surface area contributed by atoms with Gasteiger partial charge < -0.3 is 4.74 Å². The molecule has 1 aliphatic heterocycles. The summed E-state index contributed by atoms with van der Waals surface area (Å²) < 4.78 is 5.35. The number of carbonyl (C=O) groups excluding carboxylic acids is 1. The van der Waals surface area contributed by atoms with Crippen molar-refractivity contribution in [1.29, 1.82) is 0 Å². The summed E-state index contributed by atoms with van der Waals surface area (Å²) in [5.74, 6) is 0.354. The van der Waals surface area contributed by atoms with E-state index in [1.165, 1.54) is 0 Å². The lowest BCUT2D eigenvalue weighted by atomic mass is 9.91. The van der Waals surface area contributed by atoms with E-state index < -0.39 is 0 Å². The Morgan fingerprint density at radius 2 is 2.00 bits per heavy atom. The van der Waals surface area contributed by atoms with Crippen molar-refractivity contribution in [1.82, 2.24) is 0 Å². The topological polar surface area (TPSA) is 26.3 Å². The molecule has 2 nitrogen and oxygen atoms in total. The molecule has 2 rings (SSSR count). The minimum atomic E-state index is -0.0723. The molecule has 0 bridgehead atoms. The zero-order valence-corrected chi connectivity index (χ0v) is 8.27. The van der Waals surface area contributed by atoms with Crippen LogP contribution in [0.5, 0.6) is 0 Å². The van der Waals surface area contributed by atoms with Crippen molar-refractivity contribution >= 4 is 5.97 Å². The third kappa shape index (κ3) is 1.79. The predicted molar refractivity (Wildman–Crippen MR) is 53.7 cm³/mol. The molecule has 1 aliphatic rings. The van der Waals surface area contributed by atoms with Crippen molar-refractivity contribution in [2.24, 2.45) is 5.92 Å². The average Bonchev–Trinajstić information content (AvgIpc) is 2.23. The van der Waals surface area contributed by atoms with E-state index in [2.05, 4.69) is 6.92 Å². The lowest BCUT2D eigenvalue weighted by molar-refractivity contribution is -0.158. The number of rotatable bonds is 1. The zero-order chi connectivity index (χ0) is 9.97. The van der Waals surface area contributed by atoms with Crippen LogP contribution in [0.2, 0.25) is 0 Å². The summed E-state index contributed by atoms with van der Waals surface area (Å²) in [4.78, 5) is 11.2. The summed E-state index contributed by atoms with van der Waals surface area (Å²) in [6.45, 7) is 2.13. The van der Waals surface area contributed by atoms with Crippen LogP contribution < -0.4 is 0 Å². The number of hydrogen-bond acceptors (Lipinski definition) is 2. The van der Waals surface area contributed by atoms with Gasteiger partial charge in [0.2, 0.25) is 0 Å². The van der Waals surface area contributed by atoms with Crippen LogP contribution in [0, 0.1) is 5.92 Å². The highest BCUT2D eigenvalue weighted by Crippen LogP contribution is 2.33. The molecule has 1 aromatic rings. The molecule has 1 fully saturated rings. The summed E-state index contributed by atoms with van der Waals surface area (Å²) in [5.41, 5.74) is 1.10. The number of benzene rings is 1. The maximum absolute atomic E-state index is 11.2. The van der Waals surface area contributed by atoms with Crippen molar-refractivity contribution in [3.05, 3.63) is 35.9 Å². The van der Waals surface area contributed by atoms with Gasteiger partial charge in [0.1, 0.15) is 6.10 Å². The maximum atomic E-state index is 11.2. The van der Waals surface area contributed by atoms with Gasteiger partial charge in [-0.25, -0.2) is 0 Å². The van der Waals surface area contributed by atoms with Gasteiger partial charge in [0.15, 0.2) is 0 Å². The summed E-state index contributed by atoms with van der Waals surface area (Å²) >= 11 is 0. The van der Waals surface area contributed by atoms with E-state index >= 15 is 0 Å². The first-order valence-electron chi connectivity index (χ1n) is 5.02. The minimum Gasteiger partial charge on any atom is -0.457 e. The van der Waals surface area contributed by atoms with Gasteiger partial charge in [-0.05, 0) is 17.9 Å². The Bertz CT molecular complexity index is 318. The lowest BCUT2D eigenvalue weighted by Gasteiger charge is -2.28. The quantitative estimate of drug-likeness (QED) is 0.636. The van der Waals surface area contributed by atoms with Gasteiger partial charge in [0.25, 0.3) is 0 Å². The Kier molecular flexibility index (Phi) is 2.53. The molecule has 1 saturated heterocycles. The summed E-state index contributed by atoms with van der Waals surface area (Å²) in [6.07, 6.45) is 1.44. The van der Waals surface area contributed by atoms with E-state index in [9.17, 15) is 4.79 Å². The highest BCUT2D eigenvalue weighted by Gasteiger charge is 2.28. The second-order valence-electron chi connectivity index (χ2n) is 3.84. The molecule has 0 saturated carbocycles. The minimum absolute atomic E-state index is 0.0440. The van der Waals surface area contributed by atoms with E-state index in [0.29, 0.717) is 12.3 Å². The SMILES string of the molecule is CC1CCC(=O)OC1c1ccccc1. The first kappa shape index (κ1) is 9.25. The molecule has 2 unspecified atom stereocenters. The van der Waals surface area contributed by atoms with E-state index in [1.807, 2.05) is 30.3 Å². The molecule has 0 aliphatic carbocycles. The van der Waals surface area contributed by atoms with Crippen LogP contribution in [0.4, 0.5) is 0 Å². The van der Waals surface area contributed by atoms with E-state index in [-0.39, 0.29) is 12.1 Å². The molecule has 74 valence electrons. The molecular weight excluding hydrogens is 176 g/mol. The molecule has 2 heteroatoms. The smallest absolute Gasteiger partial charge is 0.306 e. The zero-order valence-electron chi connectivity index (χ0n) is 8.27. The standard InChI is InChI=1S/C12H14O2/c1-9-7-8-11(13)14-12(9)10-5-3-2-4-6-10/h2-6,9,12H,7-8H2,1H3. The van der Waals surface area contributed by atoms with Gasteiger partial charge in [-0.2, -0.15) is 0 Å². The fourth-order valence-corrected chi connectivity index (χ4v) is 1.85. The summed E-state index contributed by atoms with van der Waals surface area (Å²) in [6, 6.07) is 9.95. The molecule has 0 spiro atoms. The normalized spacial score (nSPS) is 27.1. The summed E-state index contributed by atoms with van der Waals surface area (Å²) in [5, 5.41) is 0. The summed E-state index contributed by atoms with van der Waals surface area (Å²) in [7, 11) is 0. The second-order valence-corrected chi connectivity index (χ2v) is 3.84. The van der Waals surface area contributed by atoms with Gasteiger partial charge >= 0.3 is 5.97 Å². The Morgan fingerprint density at radius 3 is 2.71 bits per heavy atom. The van der Waals surface area contributed by atoms with Crippen molar-refractivity contribution in [2.75, 3.05) is 0 Å². The van der Waals surface area contributed by atoms with Gasteiger partial charge in [-0.15, -0.1) is 0 Å². The first-order chi connectivity index (χ1) is 6.77. The van der Waals surface area contributed by atoms with Crippen molar-refractivity contribution < 1.29 is 9.53 Å². The Hall–Kier alpha value is -1.31. The maximum Gasteiger partial charge on any atom is 0.306 e. The Labute approximate surface area is 83.9 Å². The van der Waals surface area contributed by atoms with E-state index in [4.69, 9.17) is 4.74 Å². The molecule has 0 amide bonds. The van der Waals surface area contributed by atoms with Crippen LogP contribution in [0.15, 0.2) is 30.3 Å². The number of hydrogen-bond donors (Lipinski definition) is 0. The van der Waals surface area contributed by atoms with Gasteiger partial charge in [-0.3, -0.25) is 4.79 Å². The van der Waals surface area contributed by atoms with E-state index in [0.717, 1.165) is 12.0 Å². The van der Waals surface area contributed by atoms with Gasteiger partial charge in [0.05, 0.1) is 0 Å². The molecule has 1 heterocycles. The molecular formula is C12H14O2. The van der Waals surface area contributed by atoms with Crippen LogP contribution in [-0.4, -0.2) is 5.97 Å². The molecule has 2 atom stereocenters. The van der Waals surface area contributed by atoms with Gasteiger partial charge in [-0.1, -0.05) is 37.3 Å². The molecule has 14 heavy (non-hydrogen) atoms. The number of carbonyl (C=O) groups is 1. The average molecular weight is 190 g/mol. The van der Waals surface area contributed by atoms with Crippen molar-refractivity contribution in [3.8, 4) is 0 Å². The molecule has 0 N–H and O–H groups in total. The Morgan fingerprint density at radius 1 is 1.29 bits per heavy atom. The van der Waals surface area contributed by atoms with Crippen LogP contribution in [0.25, 0.3) is 0 Å². The fraction of sp³-hybridized carbons (Fsp3) is 0.417. The molecule has 1 aromatic carbocycles. The second kappa shape index (κ2) is 3.82. The van der Waals surface area contributed by atoms with Crippen LogP contribution in [0.1, 0.15) is 31.4 Å². The highest BCUT2D eigenvalue weighted by atomic mass is 16.5.